The zero-order chi connectivity index (χ0) is 38.3. The van der Waals surface area contributed by atoms with E-state index < -0.39 is 91.3 Å². The van der Waals surface area contributed by atoms with E-state index >= 15 is 0 Å². The lowest BCUT2D eigenvalue weighted by Gasteiger charge is -2.35. The molecule has 0 radical (unpaired) electrons. The van der Waals surface area contributed by atoms with Crippen molar-refractivity contribution in [3.8, 4) is 0 Å². The average molecular weight is 777 g/mol. The zero-order valence-electron chi connectivity index (χ0n) is 30.7. The Morgan fingerprint density at radius 3 is 2.15 bits per heavy atom. The minimum Gasteiger partial charge on any atom is -0.446 e. The third kappa shape index (κ3) is 8.36. The van der Waals surface area contributed by atoms with Crippen LogP contribution in [0.1, 0.15) is 85.0 Å². The summed E-state index contributed by atoms with van der Waals surface area (Å²) in [6.07, 6.45) is 7.83. The van der Waals surface area contributed by atoms with Gasteiger partial charge in [-0.25, -0.2) is 21.6 Å². The van der Waals surface area contributed by atoms with Crippen molar-refractivity contribution in [2.75, 3.05) is 31.2 Å². The number of piperidine rings is 1. The molecule has 5 fully saturated rings. The van der Waals surface area contributed by atoms with Gasteiger partial charge in [0.2, 0.25) is 31.9 Å². The van der Waals surface area contributed by atoms with E-state index in [4.69, 9.17) is 4.74 Å². The Morgan fingerprint density at radius 2 is 1.58 bits per heavy atom. The van der Waals surface area contributed by atoms with Crippen LogP contribution in [0.2, 0.25) is 0 Å². The Bertz CT molecular complexity index is 1820. The second-order valence-electron chi connectivity index (χ2n) is 16.1. The number of hydrogen-bond acceptors (Lipinski definition) is 10. The van der Waals surface area contributed by atoms with Crippen LogP contribution in [0, 0.1) is 11.3 Å². The Balaban J connectivity index is 1.27. The van der Waals surface area contributed by atoms with Gasteiger partial charge in [-0.2, -0.15) is 4.31 Å². The van der Waals surface area contributed by atoms with Crippen LogP contribution < -0.4 is 20.3 Å². The first kappa shape index (κ1) is 39.0. The molecule has 0 spiro atoms. The molecule has 53 heavy (non-hydrogen) atoms. The number of carbonyl (C=O) groups excluding carboxylic acids is 4. The molecule has 1 aromatic carbocycles. The minimum atomic E-state index is -4.25. The molecule has 4 atom stereocenters. The molecule has 292 valence electrons. The molecule has 0 aromatic heterocycles. The normalized spacial score (nSPS) is 26.1. The van der Waals surface area contributed by atoms with E-state index in [1.165, 1.54) is 18.2 Å². The van der Waals surface area contributed by atoms with Crippen molar-refractivity contribution < 1.29 is 40.8 Å². The maximum atomic E-state index is 14.5. The van der Waals surface area contributed by atoms with Gasteiger partial charge in [-0.1, -0.05) is 26.8 Å². The fourth-order valence-electron chi connectivity index (χ4n) is 7.51. The molecule has 2 aliphatic heterocycles. The van der Waals surface area contributed by atoms with Crippen molar-refractivity contribution in [1.82, 2.24) is 24.6 Å². The number of rotatable bonds is 12. The molecule has 17 heteroatoms. The molecule has 3 N–H and O–H groups in total. The van der Waals surface area contributed by atoms with Gasteiger partial charge in [-0.3, -0.25) is 19.1 Å². The van der Waals surface area contributed by atoms with Crippen LogP contribution in [0.5, 0.6) is 0 Å². The van der Waals surface area contributed by atoms with Gasteiger partial charge in [0.1, 0.15) is 23.7 Å². The highest BCUT2D eigenvalue weighted by Crippen LogP contribution is 2.45. The monoisotopic (exact) mass is 776 g/mol. The number of anilines is 1. The topological polar surface area (TPSA) is 192 Å². The standard InChI is InChI=1S/C36H52N6O9S2/c1-5-24-21-36(24,33(45)39-52(47,48)27-17-18-27)38-31(43)29-22-41(53(49,50)28-15-13-25(14-16-28)40-19-9-6-10-20-40)23-42(29)32(44)30(35(2,3)4)37-34(46)51-26-11-7-8-12-26/h5,13-16,24,26-27,29-30H,1,6-12,17-23H2,2-4H3,(H,37,46)(H,38,43)(H,39,45)/t24-,29+,30-,36-/m1/s1. The van der Waals surface area contributed by atoms with E-state index in [9.17, 15) is 36.0 Å². The van der Waals surface area contributed by atoms with Gasteiger partial charge in [-0.05, 0) is 93.9 Å². The molecule has 2 heterocycles. The number of nitrogens with zero attached hydrogens (tertiary/aromatic N) is 3. The van der Waals surface area contributed by atoms with E-state index in [-0.39, 0.29) is 17.4 Å². The molecule has 3 aliphatic carbocycles. The van der Waals surface area contributed by atoms with Crippen molar-refractivity contribution in [2.24, 2.45) is 11.3 Å². The number of sulfonamides is 2. The van der Waals surface area contributed by atoms with Crippen LogP contribution in [0.25, 0.3) is 0 Å². The van der Waals surface area contributed by atoms with Crippen LogP contribution in [0.15, 0.2) is 41.8 Å². The van der Waals surface area contributed by atoms with Gasteiger partial charge in [0.15, 0.2) is 0 Å². The fraction of sp³-hybridized carbons (Fsp3) is 0.667. The van der Waals surface area contributed by atoms with Crippen molar-refractivity contribution in [1.29, 1.82) is 0 Å². The summed E-state index contributed by atoms with van der Waals surface area (Å²) in [5.41, 5.74) is -1.65. The first-order valence-corrected chi connectivity index (χ1v) is 21.6. The van der Waals surface area contributed by atoms with E-state index in [1.54, 1.807) is 32.9 Å². The molecule has 5 aliphatic rings. The molecule has 6 rings (SSSR count). The van der Waals surface area contributed by atoms with E-state index in [0.717, 1.165) is 60.1 Å². The summed E-state index contributed by atoms with van der Waals surface area (Å²) in [5.74, 6) is -3.08. The summed E-state index contributed by atoms with van der Waals surface area (Å²) in [4.78, 5) is 58.5. The highest BCUT2D eigenvalue weighted by atomic mass is 32.2. The van der Waals surface area contributed by atoms with Crippen molar-refractivity contribution in [3.05, 3.63) is 36.9 Å². The number of alkyl carbamates (subject to hydrolysis) is 1. The maximum absolute atomic E-state index is 14.5. The minimum absolute atomic E-state index is 0.0209. The average Bonchev–Trinajstić information content (AvgIpc) is 3.99. The van der Waals surface area contributed by atoms with Gasteiger partial charge < -0.3 is 25.2 Å². The first-order valence-electron chi connectivity index (χ1n) is 18.6. The Kier molecular flexibility index (Phi) is 10.9. The lowest BCUT2D eigenvalue weighted by molar-refractivity contribution is -0.142. The Hall–Kier alpha value is -3.70. The number of benzene rings is 1. The third-order valence-corrected chi connectivity index (χ3v) is 14.7. The lowest BCUT2D eigenvalue weighted by Crippen LogP contribution is -2.60. The summed E-state index contributed by atoms with van der Waals surface area (Å²) in [6.45, 7) is 9.71. The van der Waals surface area contributed by atoms with Crippen LogP contribution in [-0.2, 0) is 39.2 Å². The third-order valence-electron chi connectivity index (χ3n) is 11.0. The molecular weight excluding hydrogens is 725 g/mol. The molecule has 0 bridgehead atoms. The number of carbonyl (C=O) groups is 4. The summed E-state index contributed by atoms with van der Waals surface area (Å²) < 4.78 is 62.3. The maximum Gasteiger partial charge on any atom is 0.408 e. The lowest BCUT2D eigenvalue weighted by atomic mass is 9.85. The van der Waals surface area contributed by atoms with Crippen LogP contribution in [0.4, 0.5) is 10.5 Å². The van der Waals surface area contributed by atoms with Gasteiger partial charge in [0.25, 0.3) is 5.91 Å². The second-order valence-corrected chi connectivity index (χ2v) is 20.0. The Morgan fingerprint density at radius 1 is 0.943 bits per heavy atom. The Labute approximate surface area is 312 Å². The van der Waals surface area contributed by atoms with Crippen molar-refractivity contribution in [3.63, 3.8) is 0 Å². The summed E-state index contributed by atoms with van der Waals surface area (Å²) in [5, 5.41) is 4.68. The van der Waals surface area contributed by atoms with Crippen molar-refractivity contribution >= 4 is 49.5 Å². The largest absolute Gasteiger partial charge is 0.446 e. The van der Waals surface area contributed by atoms with Gasteiger partial charge >= 0.3 is 6.09 Å². The molecular formula is C36H52N6O9S2. The highest BCUT2D eigenvalue weighted by molar-refractivity contribution is 7.91. The summed E-state index contributed by atoms with van der Waals surface area (Å²) in [7, 11) is -8.20. The first-order chi connectivity index (χ1) is 25.0. The van der Waals surface area contributed by atoms with Crippen LogP contribution in [0.3, 0.4) is 0 Å². The molecule has 4 amide bonds. The van der Waals surface area contributed by atoms with E-state index in [2.05, 4.69) is 26.8 Å². The van der Waals surface area contributed by atoms with E-state index in [0.29, 0.717) is 25.7 Å². The number of hydrogen-bond donors (Lipinski definition) is 3. The summed E-state index contributed by atoms with van der Waals surface area (Å²) in [6, 6.07) is 3.86. The summed E-state index contributed by atoms with van der Waals surface area (Å²) >= 11 is 0. The SMILES string of the molecule is C=C[C@@H]1C[C@]1(NC(=O)[C@@H]1CN(S(=O)(=O)c2ccc(N3CCCCC3)cc2)CN1C(=O)[C@@H](NC(=O)OC1CCCC1)C(C)(C)C)C(=O)NS(=O)(=O)C1CC1. The molecule has 2 saturated heterocycles. The van der Waals surface area contributed by atoms with Crippen molar-refractivity contribution in [2.45, 2.75) is 119 Å². The van der Waals surface area contributed by atoms with Gasteiger partial charge in [0, 0.05) is 31.2 Å². The zero-order valence-corrected chi connectivity index (χ0v) is 32.3. The second kappa shape index (κ2) is 14.9. The highest BCUT2D eigenvalue weighted by Gasteiger charge is 2.62. The van der Waals surface area contributed by atoms with E-state index in [1.807, 2.05) is 0 Å². The van der Waals surface area contributed by atoms with Crippen LogP contribution >= 0.6 is 0 Å². The predicted octanol–water partition coefficient (Wildman–Crippen LogP) is 2.59. The smallest absolute Gasteiger partial charge is 0.408 e. The fourth-order valence-corrected chi connectivity index (χ4v) is 10.3. The predicted molar refractivity (Wildman–Crippen MR) is 196 cm³/mol. The molecule has 15 nitrogen and oxygen atoms in total. The number of ether oxygens (including phenoxy) is 1. The van der Waals surface area contributed by atoms with Crippen LogP contribution in [-0.4, -0.2) is 105 Å². The molecule has 3 saturated carbocycles. The number of nitrogens with one attached hydrogen (secondary N) is 3. The molecule has 0 unspecified atom stereocenters. The van der Waals surface area contributed by atoms with Gasteiger partial charge in [-0.15, -0.1) is 6.58 Å². The molecule has 1 aromatic rings. The quantitative estimate of drug-likeness (QED) is 0.266. The number of amides is 4. The van der Waals surface area contributed by atoms with Gasteiger partial charge in [0.05, 0.1) is 16.8 Å².